The Balaban J connectivity index is 1.96. The normalized spacial score (nSPS) is 25.8. The van der Waals surface area contributed by atoms with Crippen LogP contribution in [0.15, 0.2) is 54.6 Å². The van der Waals surface area contributed by atoms with E-state index in [1.807, 2.05) is 43.3 Å². The van der Waals surface area contributed by atoms with E-state index in [4.69, 9.17) is 4.74 Å². The molecule has 2 aromatic rings. The van der Waals surface area contributed by atoms with Crippen LogP contribution >= 0.6 is 0 Å². The van der Waals surface area contributed by atoms with Gasteiger partial charge >= 0.3 is 0 Å². The van der Waals surface area contributed by atoms with Gasteiger partial charge in [-0.15, -0.1) is 0 Å². The maximum Gasteiger partial charge on any atom is 0.217 e. The zero-order valence-corrected chi connectivity index (χ0v) is 16.2. The number of nitrogens with zero attached hydrogens (tertiary/aromatic N) is 1. The van der Waals surface area contributed by atoms with Crippen molar-refractivity contribution in [3.05, 3.63) is 65.7 Å². The summed E-state index contributed by atoms with van der Waals surface area (Å²) >= 11 is 0. The van der Waals surface area contributed by atoms with E-state index < -0.39 is 11.6 Å². The number of rotatable bonds is 5. The molecule has 2 N–H and O–H groups in total. The maximum absolute atomic E-state index is 11.9. The Morgan fingerprint density at radius 1 is 1.26 bits per heavy atom. The summed E-state index contributed by atoms with van der Waals surface area (Å²) in [6.07, 6.45) is 0.589. The van der Waals surface area contributed by atoms with Crippen LogP contribution in [0.25, 0.3) is 0 Å². The van der Waals surface area contributed by atoms with Crippen LogP contribution in [-0.2, 0) is 11.3 Å². The number of carbonyl (C=O) groups is 1. The van der Waals surface area contributed by atoms with Crippen LogP contribution in [-0.4, -0.2) is 41.2 Å². The van der Waals surface area contributed by atoms with Gasteiger partial charge in [-0.25, -0.2) is 0 Å². The van der Waals surface area contributed by atoms with Crippen molar-refractivity contribution < 1.29 is 14.6 Å². The van der Waals surface area contributed by atoms with Gasteiger partial charge < -0.3 is 15.2 Å². The minimum absolute atomic E-state index is 0.120. The summed E-state index contributed by atoms with van der Waals surface area (Å²) in [4.78, 5) is 14.2. The summed E-state index contributed by atoms with van der Waals surface area (Å²) in [6.45, 7) is 4.76. The molecule has 1 aliphatic heterocycles. The first-order valence-corrected chi connectivity index (χ1v) is 9.32. The molecule has 3 unspecified atom stereocenters. The Hall–Kier alpha value is -2.37. The van der Waals surface area contributed by atoms with Gasteiger partial charge in [-0.3, -0.25) is 9.69 Å². The highest BCUT2D eigenvalue weighted by Crippen LogP contribution is 2.38. The van der Waals surface area contributed by atoms with Crippen molar-refractivity contribution in [3.63, 3.8) is 0 Å². The van der Waals surface area contributed by atoms with Crippen molar-refractivity contribution in [2.45, 2.75) is 44.5 Å². The number of aliphatic hydroxyl groups is 1. The number of nitrogens with one attached hydrogen (secondary N) is 1. The Kier molecular flexibility index (Phi) is 5.82. The fourth-order valence-electron chi connectivity index (χ4n) is 3.91. The van der Waals surface area contributed by atoms with Crippen molar-refractivity contribution in [3.8, 4) is 5.75 Å². The van der Waals surface area contributed by atoms with Crippen molar-refractivity contribution in [1.29, 1.82) is 0 Å². The van der Waals surface area contributed by atoms with Gasteiger partial charge in [0.15, 0.2) is 0 Å². The van der Waals surface area contributed by atoms with Gasteiger partial charge in [0.1, 0.15) is 5.75 Å². The number of likely N-dealkylation sites (tertiary alicyclic amines) is 1. The topological polar surface area (TPSA) is 61.8 Å². The predicted octanol–water partition coefficient (Wildman–Crippen LogP) is 2.90. The van der Waals surface area contributed by atoms with Crippen LogP contribution in [0.5, 0.6) is 5.75 Å². The van der Waals surface area contributed by atoms with E-state index in [1.54, 1.807) is 7.11 Å². The second-order valence-electron chi connectivity index (χ2n) is 7.46. The number of hydrogen-bond donors (Lipinski definition) is 2. The zero-order chi connectivity index (χ0) is 19.4. The smallest absolute Gasteiger partial charge is 0.217 e. The van der Waals surface area contributed by atoms with Crippen LogP contribution in [0.4, 0.5) is 0 Å². The minimum Gasteiger partial charge on any atom is -0.497 e. The van der Waals surface area contributed by atoms with E-state index in [-0.39, 0.29) is 11.9 Å². The quantitative estimate of drug-likeness (QED) is 0.852. The number of carbonyl (C=O) groups excluding carboxylic acids is 1. The number of amides is 1. The number of piperidine rings is 1. The molecule has 0 aromatic heterocycles. The fourth-order valence-corrected chi connectivity index (χ4v) is 3.91. The molecule has 0 aliphatic carbocycles. The molecule has 2 aromatic carbocycles. The summed E-state index contributed by atoms with van der Waals surface area (Å²) in [5.74, 6) is 0.690. The van der Waals surface area contributed by atoms with Crippen LogP contribution < -0.4 is 10.1 Å². The molecule has 27 heavy (non-hydrogen) atoms. The van der Waals surface area contributed by atoms with E-state index in [9.17, 15) is 9.90 Å². The Morgan fingerprint density at radius 2 is 2.00 bits per heavy atom. The molecule has 5 nitrogen and oxygen atoms in total. The molecule has 3 rings (SSSR count). The highest BCUT2D eigenvalue weighted by molar-refractivity contribution is 5.73. The lowest BCUT2D eigenvalue weighted by Crippen LogP contribution is -2.62. The SMILES string of the molecule is COc1cccc(CN2CCC(C)(O)C(NC(C)=O)C2c2ccccc2)c1. The Labute approximate surface area is 161 Å². The summed E-state index contributed by atoms with van der Waals surface area (Å²) in [7, 11) is 1.66. The van der Waals surface area contributed by atoms with E-state index in [1.165, 1.54) is 6.92 Å². The third-order valence-electron chi connectivity index (χ3n) is 5.30. The molecule has 144 valence electrons. The molecule has 1 fully saturated rings. The van der Waals surface area contributed by atoms with Crippen LogP contribution in [0.2, 0.25) is 0 Å². The highest BCUT2D eigenvalue weighted by atomic mass is 16.5. The van der Waals surface area contributed by atoms with E-state index in [0.717, 1.165) is 23.4 Å². The maximum atomic E-state index is 11.9. The summed E-state index contributed by atoms with van der Waals surface area (Å²) < 4.78 is 5.35. The summed E-state index contributed by atoms with van der Waals surface area (Å²) in [5.41, 5.74) is 1.24. The van der Waals surface area contributed by atoms with Crippen molar-refractivity contribution in [2.75, 3.05) is 13.7 Å². The number of hydrogen-bond acceptors (Lipinski definition) is 4. The largest absolute Gasteiger partial charge is 0.497 e. The van der Waals surface area contributed by atoms with Crippen LogP contribution in [0.3, 0.4) is 0 Å². The lowest BCUT2D eigenvalue weighted by molar-refractivity contribution is -0.126. The van der Waals surface area contributed by atoms with Gasteiger partial charge in [0.2, 0.25) is 5.91 Å². The van der Waals surface area contributed by atoms with Crippen LogP contribution in [0.1, 0.15) is 37.4 Å². The average molecular weight is 368 g/mol. The van der Waals surface area contributed by atoms with Gasteiger partial charge in [0.05, 0.1) is 24.8 Å². The number of methoxy groups -OCH3 is 1. The molecule has 3 atom stereocenters. The molecule has 1 amide bonds. The summed E-state index contributed by atoms with van der Waals surface area (Å²) in [6, 6.07) is 17.6. The third-order valence-corrected chi connectivity index (χ3v) is 5.30. The molecule has 0 radical (unpaired) electrons. The molecule has 0 saturated carbocycles. The van der Waals surface area contributed by atoms with Gasteiger partial charge in [-0.05, 0) is 36.6 Å². The lowest BCUT2D eigenvalue weighted by Gasteiger charge is -2.49. The third kappa shape index (κ3) is 4.49. The van der Waals surface area contributed by atoms with Gasteiger partial charge in [0, 0.05) is 20.0 Å². The molecule has 0 bridgehead atoms. The Bertz CT molecular complexity index is 776. The number of benzene rings is 2. The van der Waals surface area contributed by atoms with E-state index in [0.29, 0.717) is 13.0 Å². The van der Waals surface area contributed by atoms with Crippen LogP contribution in [0, 0.1) is 0 Å². The number of ether oxygens (including phenoxy) is 1. The predicted molar refractivity (Wildman–Crippen MR) is 105 cm³/mol. The summed E-state index contributed by atoms with van der Waals surface area (Å²) in [5, 5.41) is 14.0. The minimum atomic E-state index is -0.975. The molecular weight excluding hydrogens is 340 g/mol. The van der Waals surface area contributed by atoms with Crippen molar-refractivity contribution in [2.24, 2.45) is 0 Å². The Morgan fingerprint density at radius 3 is 2.67 bits per heavy atom. The molecular formula is C22H28N2O3. The first kappa shape index (κ1) is 19.4. The lowest BCUT2D eigenvalue weighted by atomic mass is 9.79. The molecule has 5 heteroatoms. The first-order valence-electron chi connectivity index (χ1n) is 9.32. The van der Waals surface area contributed by atoms with E-state index >= 15 is 0 Å². The fraction of sp³-hybridized carbons (Fsp3) is 0.409. The van der Waals surface area contributed by atoms with E-state index in [2.05, 4.69) is 28.4 Å². The monoisotopic (exact) mass is 368 g/mol. The van der Waals surface area contributed by atoms with Gasteiger partial charge in [0.25, 0.3) is 0 Å². The van der Waals surface area contributed by atoms with Crippen molar-refractivity contribution in [1.82, 2.24) is 10.2 Å². The molecule has 1 saturated heterocycles. The molecule has 0 spiro atoms. The van der Waals surface area contributed by atoms with Gasteiger partial charge in [-0.2, -0.15) is 0 Å². The first-order chi connectivity index (χ1) is 12.9. The van der Waals surface area contributed by atoms with Gasteiger partial charge in [-0.1, -0.05) is 42.5 Å². The standard InChI is InChI=1S/C22H28N2O3/c1-16(25)23-21-20(18-9-5-4-6-10-18)24(13-12-22(21,2)26)15-17-8-7-11-19(14-17)27-3/h4-11,14,20-21,26H,12-13,15H2,1-3H3,(H,23,25). The zero-order valence-electron chi connectivity index (χ0n) is 16.2. The highest BCUT2D eigenvalue weighted by Gasteiger charge is 2.45. The second-order valence-corrected chi connectivity index (χ2v) is 7.46. The molecule has 1 aliphatic rings. The second kappa shape index (κ2) is 8.11. The molecule has 1 heterocycles. The average Bonchev–Trinajstić information content (AvgIpc) is 2.65. The van der Waals surface area contributed by atoms with Crippen molar-refractivity contribution >= 4 is 5.91 Å².